The van der Waals surface area contributed by atoms with E-state index in [0.717, 1.165) is 15.1 Å². The van der Waals surface area contributed by atoms with E-state index in [1.54, 1.807) is 6.07 Å². The summed E-state index contributed by atoms with van der Waals surface area (Å²) in [5.74, 6) is -0.0185. The second kappa shape index (κ2) is 7.93. The Balaban J connectivity index is 2.91. The van der Waals surface area contributed by atoms with Gasteiger partial charge in [-0.05, 0) is 28.1 Å². The third-order valence-electron chi connectivity index (χ3n) is 2.43. The maximum absolute atomic E-state index is 12.5. The van der Waals surface area contributed by atoms with Gasteiger partial charge in [-0.2, -0.15) is 4.31 Å². The Morgan fingerprint density at radius 2 is 2.25 bits per heavy atom. The average Bonchev–Trinajstić information content (AvgIpc) is 2.85. The summed E-state index contributed by atoms with van der Waals surface area (Å²) in [5, 5.41) is 11.3. The Morgan fingerprint density at radius 1 is 1.55 bits per heavy atom. The number of rotatable bonds is 8. The molecule has 0 unspecified atom stereocenters. The first kappa shape index (κ1) is 17.4. The molecule has 0 aliphatic heterocycles. The SMILES string of the molecule is COCCN(CCC(N)=NO)S(=O)(=O)c1ccc(Br)s1. The number of methoxy groups -OCH3 is 1. The third-order valence-corrected chi connectivity index (χ3v) is 6.42. The second-order valence-electron chi connectivity index (χ2n) is 3.80. The Morgan fingerprint density at radius 3 is 2.75 bits per heavy atom. The van der Waals surface area contributed by atoms with Gasteiger partial charge in [-0.15, -0.1) is 11.3 Å². The average molecular weight is 386 g/mol. The maximum Gasteiger partial charge on any atom is 0.252 e. The Bertz CT molecular complexity index is 559. The van der Waals surface area contributed by atoms with Gasteiger partial charge >= 0.3 is 0 Å². The number of nitrogens with two attached hydrogens (primary N) is 1. The molecule has 1 aromatic rings. The zero-order chi connectivity index (χ0) is 15.2. The predicted octanol–water partition coefficient (Wildman–Crippen LogP) is 1.28. The van der Waals surface area contributed by atoms with Crippen molar-refractivity contribution in [3.05, 3.63) is 15.9 Å². The molecule has 1 rings (SSSR count). The molecule has 1 aromatic heterocycles. The van der Waals surface area contributed by atoms with Crippen LogP contribution < -0.4 is 5.73 Å². The van der Waals surface area contributed by atoms with Gasteiger partial charge in [-0.3, -0.25) is 0 Å². The predicted molar refractivity (Wildman–Crippen MR) is 80.7 cm³/mol. The molecule has 0 spiro atoms. The van der Waals surface area contributed by atoms with Gasteiger partial charge < -0.3 is 15.7 Å². The smallest absolute Gasteiger partial charge is 0.252 e. The van der Waals surface area contributed by atoms with E-state index in [0.29, 0.717) is 0 Å². The highest BCUT2D eigenvalue weighted by molar-refractivity contribution is 9.11. The molecule has 0 saturated heterocycles. The highest BCUT2D eigenvalue weighted by atomic mass is 79.9. The van der Waals surface area contributed by atoms with Crippen LogP contribution in [0.4, 0.5) is 0 Å². The summed E-state index contributed by atoms with van der Waals surface area (Å²) in [6.45, 7) is 0.589. The summed E-state index contributed by atoms with van der Waals surface area (Å²) in [5.41, 5.74) is 5.38. The van der Waals surface area contributed by atoms with Gasteiger partial charge in [-0.25, -0.2) is 8.42 Å². The van der Waals surface area contributed by atoms with Crippen molar-refractivity contribution in [3.8, 4) is 0 Å². The van der Waals surface area contributed by atoms with Crippen LogP contribution in [0.1, 0.15) is 6.42 Å². The highest BCUT2D eigenvalue weighted by Gasteiger charge is 2.25. The van der Waals surface area contributed by atoms with Crippen molar-refractivity contribution in [1.29, 1.82) is 0 Å². The number of thiophene rings is 1. The van der Waals surface area contributed by atoms with Gasteiger partial charge in [0.25, 0.3) is 10.0 Å². The van der Waals surface area contributed by atoms with Crippen LogP contribution in [0.15, 0.2) is 25.3 Å². The van der Waals surface area contributed by atoms with E-state index in [1.807, 2.05) is 0 Å². The highest BCUT2D eigenvalue weighted by Crippen LogP contribution is 2.28. The molecule has 0 radical (unpaired) electrons. The fourth-order valence-electron chi connectivity index (χ4n) is 1.40. The maximum atomic E-state index is 12.5. The van der Waals surface area contributed by atoms with Gasteiger partial charge in [0.2, 0.25) is 0 Å². The van der Waals surface area contributed by atoms with Crippen LogP contribution in [0, 0.1) is 0 Å². The fraction of sp³-hybridized carbons (Fsp3) is 0.500. The van der Waals surface area contributed by atoms with Crippen LogP contribution in [0.3, 0.4) is 0 Å². The lowest BCUT2D eigenvalue weighted by atomic mass is 10.4. The molecule has 0 aliphatic carbocycles. The van der Waals surface area contributed by atoms with Crippen LogP contribution in [0.25, 0.3) is 0 Å². The molecule has 1 heterocycles. The Hall–Kier alpha value is -0.680. The van der Waals surface area contributed by atoms with E-state index >= 15 is 0 Å². The lowest BCUT2D eigenvalue weighted by Crippen LogP contribution is -2.36. The monoisotopic (exact) mass is 385 g/mol. The van der Waals surface area contributed by atoms with Crippen LogP contribution in [-0.2, 0) is 14.8 Å². The number of amidine groups is 1. The van der Waals surface area contributed by atoms with Crippen LogP contribution in [0.5, 0.6) is 0 Å². The molecule has 20 heavy (non-hydrogen) atoms. The molecule has 0 aromatic carbocycles. The second-order valence-corrected chi connectivity index (χ2v) is 8.42. The topological polar surface area (TPSA) is 105 Å². The van der Waals surface area contributed by atoms with Crippen molar-refractivity contribution >= 4 is 43.1 Å². The molecule has 0 amide bonds. The van der Waals surface area contributed by atoms with Gasteiger partial charge in [-0.1, -0.05) is 5.16 Å². The van der Waals surface area contributed by atoms with Gasteiger partial charge in [0.15, 0.2) is 0 Å². The molecular formula is C10H16BrN3O4S2. The molecular weight excluding hydrogens is 370 g/mol. The standard InChI is InChI=1S/C10H16BrN3O4S2/c1-18-7-6-14(5-4-9(12)13-15)20(16,17)10-3-2-8(11)19-10/h2-3,15H,4-7H2,1H3,(H2,12,13). The van der Waals surface area contributed by atoms with Crippen molar-refractivity contribution in [2.24, 2.45) is 10.9 Å². The van der Waals surface area contributed by atoms with Crippen LogP contribution in [-0.4, -0.2) is 50.6 Å². The van der Waals surface area contributed by atoms with Crippen molar-refractivity contribution < 1.29 is 18.4 Å². The number of sulfonamides is 1. The summed E-state index contributed by atoms with van der Waals surface area (Å²) in [4.78, 5) is 0. The first-order valence-corrected chi connectivity index (χ1v) is 8.67. The first-order valence-electron chi connectivity index (χ1n) is 5.62. The van der Waals surface area contributed by atoms with Gasteiger partial charge in [0.1, 0.15) is 10.0 Å². The fourth-order valence-corrected chi connectivity index (χ4v) is 4.99. The first-order chi connectivity index (χ1) is 9.41. The number of ether oxygens (including phenoxy) is 1. The number of nitrogens with zero attached hydrogens (tertiary/aromatic N) is 2. The molecule has 3 N–H and O–H groups in total. The van der Waals surface area contributed by atoms with Gasteiger partial charge in [0.05, 0.1) is 10.4 Å². The molecule has 0 fully saturated rings. The molecule has 0 aliphatic rings. The zero-order valence-electron chi connectivity index (χ0n) is 10.8. The number of halogens is 1. The van der Waals surface area contributed by atoms with E-state index < -0.39 is 10.0 Å². The lowest BCUT2D eigenvalue weighted by Gasteiger charge is -2.20. The molecule has 0 bridgehead atoms. The van der Waals surface area contributed by atoms with E-state index in [-0.39, 0.29) is 36.2 Å². The van der Waals surface area contributed by atoms with Gasteiger partial charge in [0, 0.05) is 26.6 Å². The number of oxime groups is 1. The normalized spacial score (nSPS) is 13.1. The van der Waals surface area contributed by atoms with Crippen molar-refractivity contribution in [2.45, 2.75) is 10.6 Å². The minimum absolute atomic E-state index is 0.0185. The summed E-state index contributed by atoms with van der Waals surface area (Å²) in [6, 6.07) is 3.21. The minimum Gasteiger partial charge on any atom is -0.409 e. The quantitative estimate of drug-likeness (QED) is 0.303. The lowest BCUT2D eigenvalue weighted by molar-refractivity contribution is 0.179. The van der Waals surface area contributed by atoms with E-state index in [2.05, 4.69) is 21.1 Å². The number of hydrogen-bond donors (Lipinski definition) is 2. The summed E-state index contributed by atoms with van der Waals surface area (Å²) in [7, 11) is -2.11. The van der Waals surface area contributed by atoms with Crippen LogP contribution >= 0.6 is 27.3 Å². The molecule has 0 saturated carbocycles. The molecule has 0 atom stereocenters. The van der Waals surface area contributed by atoms with Crippen molar-refractivity contribution in [2.75, 3.05) is 26.8 Å². The summed E-state index contributed by atoms with van der Waals surface area (Å²) in [6.07, 6.45) is 0.145. The molecule has 7 nitrogen and oxygen atoms in total. The third kappa shape index (κ3) is 4.70. The zero-order valence-corrected chi connectivity index (χ0v) is 14.0. The molecule has 114 valence electrons. The van der Waals surface area contributed by atoms with E-state index in [1.165, 1.54) is 17.5 Å². The molecule has 10 heteroatoms. The van der Waals surface area contributed by atoms with E-state index in [4.69, 9.17) is 15.7 Å². The van der Waals surface area contributed by atoms with Crippen molar-refractivity contribution in [1.82, 2.24) is 4.31 Å². The van der Waals surface area contributed by atoms with Crippen molar-refractivity contribution in [3.63, 3.8) is 0 Å². The number of hydrogen-bond acceptors (Lipinski definition) is 6. The Kier molecular flexibility index (Phi) is 6.89. The van der Waals surface area contributed by atoms with Crippen LogP contribution in [0.2, 0.25) is 0 Å². The summed E-state index contributed by atoms with van der Waals surface area (Å²) < 4.78 is 32.1. The minimum atomic E-state index is -3.61. The largest absolute Gasteiger partial charge is 0.409 e. The Labute approximate surface area is 130 Å². The van der Waals surface area contributed by atoms with E-state index in [9.17, 15) is 8.42 Å². The summed E-state index contributed by atoms with van der Waals surface area (Å²) >= 11 is 4.37.